The minimum atomic E-state index is 0.375. The van der Waals surface area contributed by atoms with Gasteiger partial charge >= 0.3 is 0 Å². The summed E-state index contributed by atoms with van der Waals surface area (Å²) in [6.07, 6.45) is 5.67. The molecule has 0 aliphatic heterocycles. The van der Waals surface area contributed by atoms with Crippen LogP contribution >= 0.6 is 0 Å². The monoisotopic (exact) mass is 165 g/mol. The first kappa shape index (κ1) is 11.2. The van der Waals surface area contributed by atoms with Crippen molar-refractivity contribution in [2.24, 2.45) is 5.92 Å². The topological polar surface area (TPSA) is 12.0 Å². The standard InChI is InChI=1S/C11H19N/c1-6-8-10(7-2)11(12-5)9(3)4/h6-9,11-12H,1-2H2,3-5H3/b10-8+. The number of likely N-dealkylation sites (N-methyl/N-ethyl adjacent to an activating group) is 1. The van der Waals surface area contributed by atoms with Crippen LogP contribution in [0.5, 0.6) is 0 Å². The van der Waals surface area contributed by atoms with E-state index in [4.69, 9.17) is 0 Å². The molecule has 0 aliphatic rings. The Balaban J connectivity index is 4.54. The van der Waals surface area contributed by atoms with E-state index in [1.807, 2.05) is 19.2 Å². The molecule has 0 bridgehead atoms. The minimum Gasteiger partial charge on any atom is -0.313 e. The second kappa shape index (κ2) is 5.78. The Bertz CT molecular complexity index is 177. The predicted molar refractivity (Wildman–Crippen MR) is 56.2 cm³/mol. The van der Waals surface area contributed by atoms with Gasteiger partial charge in [0.15, 0.2) is 0 Å². The highest BCUT2D eigenvalue weighted by Gasteiger charge is 2.12. The van der Waals surface area contributed by atoms with Crippen molar-refractivity contribution in [1.82, 2.24) is 5.32 Å². The summed E-state index contributed by atoms with van der Waals surface area (Å²) in [5.41, 5.74) is 1.20. The molecule has 0 aromatic heterocycles. The summed E-state index contributed by atoms with van der Waals surface area (Å²) in [6.45, 7) is 11.8. The van der Waals surface area contributed by atoms with E-state index < -0.39 is 0 Å². The first-order chi connectivity index (χ1) is 5.67. The van der Waals surface area contributed by atoms with Crippen LogP contribution < -0.4 is 5.32 Å². The van der Waals surface area contributed by atoms with Gasteiger partial charge in [-0.1, -0.05) is 45.2 Å². The van der Waals surface area contributed by atoms with Crippen molar-refractivity contribution < 1.29 is 0 Å². The molecule has 12 heavy (non-hydrogen) atoms. The van der Waals surface area contributed by atoms with E-state index in [-0.39, 0.29) is 0 Å². The van der Waals surface area contributed by atoms with E-state index >= 15 is 0 Å². The zero-order valence-electron chi connectivity index (χ0n) is 8.30. The molecule has 0 spiro atoms. The van der Waals surface area contributed by atoms with Gasteiger partial charge in [-0.15, -0.1) is 0 Å². The number of rotatable bonds is 5. The molecule has 0 aromatic carbocycles. The van der Waals surface area contributed by atoms with Gasteiger partial charge in [0.1, 0.15) is 0 Å². The molecule has 1 N–H and O–H groups in total. The van der Waals surface area contributed by atoms with E-state index in [1.54, 1.807) is 6.08 Å². The van der Waals surface area contributed by atoms with Crippen molar-refractivity contribution in [3.8, 4) is 0 Å². The van der Waals surface area contributed by atoms with Crippen LogP contribution in [0, 0.1) is 5.92 Å². The summed E-state index contributed by atoms with van der Waals surface area (Å²) in [7, 11) is 1.96. The van der Waals surface area contributed by atoms with Crippen LogP contribution in [0.25, 0.3) is 0 Å². The van der Waals surface area contributed by atoms with Gasteiger partial charge in [-0.2, -0.15) is 0 Å². The maximum Gasteiger partial charge on any atom is 0.0340 e. The molecule has 0 aliphatic carbocycles. The highest BCUT2D eigenvalue weighted by Crippen LogP contribution is 2.12. The number of nitrogens with one attached hydrogen (secondary N) is 1. The third-order valence-electron chi connectivity index (χ3n) is 1.88. The van der Waals surface area contributed by atoms with E-state index in [2.05, 4.69) is 32.3 Å². The third kappa shape index (κ3) is 3.05. The predicted octanol–water partition coefficient (Wildman–Crippen LogP) is 2.53. The van der Waals surface area contributed by atoms with Gasteiger partial charge in [-0.25, -0.2) is 0 Å². The van der Waals surface area contributed by atoms with Crippen LogP contribution in [-0.4, -0.2) is 13.1 Å². The zero-order valence-corrected chi connectivity index (χ0v) is 8.30. The van der Waals surface area contributed by atoms with Gasteiger partial charge in [-0.05, 0) is 18.5 Å². The second-order valence-electron chi connectivity index (χ2n) is 3.12. The second-order valence-corrected chi connectivity index (χ2v) is 3.12. The van der Waals surface area contributed by atoms with Gasteiger partial charge in [0.25, 0.3) is 0 Å². The fraction of sp³-hybridized carbons (Fsp3) is 0.455. The molecule has 68 valence electrons. The summed E-state index contributed by atoms with van der Waals surface area (Å²) < 4.78 is 0. The molecule has 0 fully saturated rings. The van der Waals surface area contributed by atoms with Gasteiger partial charge in [0.05, 0.1) is 0 Å². The van der Waals surface area contributed by atoms with Crippen molar-refractivity contribution in [2.75, 3.05) is 7.05 Å². The van der Waals surface area contributed by atoms with Crippen LogP contribution in [0.3, 0.4) is 0 Å². The lowest BCUT2D eigenvalue weighted by molar-refractivity contribution is 0.485. The van der Waals surface area contributed by atoms with Crippen molar-refractivity contribution >= 4 is 0 Å². The highest BCUT2D eigenvalue weighted by atomic mass is 14.9. The van der Waals surface area contributed by atoms with Crippen molar-refractivity contribution in [3.63, 3.8) is 0 Å². The molecule has 1 atom stereocenters. The van der Waals surface area contributed by atoms with E-state index in [9.17, 15) is 0 Å². The number of hydrogen-bond donors (Lipinski definition) is 1. The molecule has 0 radical (unpaired) electrons. The average molecular weight is 165 g/mol. The van der Waals surface area contributed by atoms with Gasteiger partial charge in [-0.3, -0.25) is 0 Å². The quantitative estimate of drug-likeness (QED) is 0.617. The Labute approximate surface area is 75.9 Å². The molecule has 1 heteroatoms. The summed E-state index contributed by atoms with van der Waals surface area (Å²) in [4.78, 5) is 0. The molecule has 1 nitrogen and oxygen atoms in total. The van der Waals surface area contributed by atoms with Crippen molar-refractivity contribution in [1.29, 1.82) is 0 Å². The first-order valence-electron chi connectivity index (χ1n) is 4.29. The molecule has 0 amide bonds. The summed E-state index contributed by atoms with van der Waals surface area (Å²) in [6, 6.07) is 0.375. The SMILES string of the molecule is C=C/C=C(\C=C)C(NC)C(C)C. The van der Waals surface area contributed by atoms with E-state index in [0.29, 0.717) is 12.0 Å². The molecule has 0 saturated heterocycles. The van der Waals surface area contributed by atoms with E-state index in [1.165, 1.54) is 5.57 Å². The number of hydrogen-bond acceptors (Lipinski definition) is 1. The highest BCUT2D eigenvalue weighted by molar-refractivity contribution is 5.27. The molecular formula is C11H19N. The van der Waals surface area contributed by atoms with Gasteiger partial charge in [0.2, 0.25) is 0 Å². The lowest BCUT2D eigenvalue weighted by Gasteiger charge is -2.21. The Hall–Kier alpha value is -0.820. The maximum atomic E-state index is 3.77. The fourth-order valence-electron chi connectivity index (χ4n) is 1.32. The van der Waals surface area contributed by atoms with Crippen molar-refractivity contribution in [3.05, 3.63) is 37.0 Å². The zero-order chi connectivity index (χ0) is 9.56. The van der Waals surface area contributed by atoms with Crippen molar-refractivity contribution in [2.45, 2.75) is 19.9 Å². The van der Waals surface area contributed by atoms with Crippen LogP contribution in [0.15, 0.2) is 37.0 Å². The molecule has 1 unspecified atom stereocenters. The molecular weight excluding hydrogens is 146 g/mol. The summed E-state index contributed by atoms with van der Waals surface area (Å²) in [5.74, 6) is 0.569. The van der Waals surface area contributed by atoms with Crippen LogP contribution in [-0.2, 0) is 0 Å². The Morgan fingerprint density at radius 2 is 1.92 bits per heavy atom. The Morgan fingerprint density at radius 3 is 2.17 bits per heavy atom. The Kier molecular flexibility index (Phi) is 5.39. The van der Waals surface area contributed by atoms with Crippen LogP contribution in [0.1, 0.15) is 13.8 Å². The average Bonchev–Trinajstić information content (AvgIpc) is 2.03. The third-order valence-corrected chi connectivity index (χ3v) is 1.88. The maximum absolute atomic E-state index is 3.77. The molecule has 0 aromatic rings. The minimum absolute atomic E-state index is 0.375. The molecule has 0 rings (SSSR count). The van der Waals surface area contributed by atoms with Gasteiger partial charge < -0.3 is 5.32 Å². The summed E-state index contributed by atoms with van der Waals surface area (Å²) in [5, 5.41) is 3.25. The van der Waals surface area contributed by atoms with Crippen LogP contribution in [0.2, 0.25) is 0 Å². The van der Waals surface area contributed by atoms with Gasteiger partial charge in [0, 0.05) is 6.04 Å². The number of allylic oxidation sites excluding steroid dienone is 2. The largest absolute Gasteiger partial charge is 0.313 e. The van der Waals surface area contributed by atoms with E-state index in [0.717, 1.165) is 0 Å². The molecule has 0 saturated carbocycles. The fourth-order valence-corrected chi connectivity index (χ4v) is 1.32. The lowest BCUT2D eigenvalue weighted by Crippen LogP contribution is -2.31. The van der Waals surface area contributed by atoms with Crippen LogP contribution in [0.4, 0.5) is 0 Å². The lowest BCUT2D eigenvalue weighted by atomic mass is 9.96. The smallest absolute Gasteiger partial charge is 0.0340 e. The Morgan fingerprint density at radius 1 is 1.33 bits per heavy atom. The normalized spacial score (nSPS) is 14.5. The molecule has 0 heterocycles. The summed E-state index contributed by atoms with van der Waals surface area (Å²) >= 11 is 0. The first-order valence-corrected chi connectivity index (χ1v) is 4.29.